The van der Waals surface area contributed by atoms with Crippen LogP contribution in [0.2, 0.25) is 0 Å². The maximum absolute atomic E-state index is 11.2. The number of unbranched alkanes of at least 4 members (excludes halogenated alkanes) is 3. The molecule has 0 bridgehead atoms. The normalized spacial score (nSPS) is 16.6. The summed E-state index contributed by atoms with van der Waals surface area (Å²) in [6.07, 6.45) is 7.17. The number of hydrogen-bond acceptors (Lipinski definition) is 3. The standard InChI is InChI=1S/C10H20N2OS/c1-14-7-5-3-2-4-6-12-9-11-8-10(12)13/h11H,2-9H2,1H3. The van der Waals surface area contributed by atoms with Gasteiger partial charge in [0.25, 0.3) is 0 Å². The van der Waals surface area contributed by atoms with Crippen LogP contribution >= 0.6 is 11.8 Å². The molecular formula is C10H20N2OS. The number of hydrogen-bond donors (Lipinski definition) is 1. The Balaban J connectivity index is 1.90. The molecule has 1 rings (SSSR count). The average Bonchev–Trinajstić information content (AvgIpc) is 2.58. The van der Waals surface area contributed by atoms with Crippen molar-refractivity contribution in [2.24, 2.45) is 0 Å². The first kappa shape index (κ1) is 11.9. The Morgan fingerprint density at radius 3 is 2.79 bits per heavy atom. The van der Waals surface area contributed by atoms with Crippen molar-refractivity contribution in [2.75, 3.05) is 31.8 Å². The van der Waals surface area contributed by atoms with E-state index in [-0.39, 0.29) is 5.91 Å². The van der Waals surface area contributed by atoms with Gasteiger partial charge in [0.1, 0.15) is 0 Å². The highest BCUT2D eigenvalue weighted by Gasteiger charge is 2.17. The zero-order valence-electron chi connectivity index (χ0n) is 8.92. The Hall–Kier alpha value is -0.220. The van der Waals surface area contributed by atoms with Gasteiger partial charge in [-0.3, -0.25) is 10.1 Å². The van der Waals surface area contributed by atoms with Crippen molar-refractivity contribution < 1.29 is 4.79 Å². The van der Waals surface area contributed by atoms with Gasteiger partial charge in [0.2, 0.25) is 5.91 Å². The largest absolute Gasteiger partial charge is 0.329 e. The van der Waals surface area contributed by atoms with E-state index in [9.17, 15) is 4.79 Å². The van der Waals surface area contributed by atoms with Crippen LogP contribution in [-0.2, 0) is 4.79 Å². The molecule has 1 N–H and O–H groups in total. The molecule has 0 aliphatic carbocycles. The third kappa shape index (κ3) is 4.33. The van der Waals surface area contributed by atoms with E-state index >= 15 is 0 Å². The first-order valence-electron chi connectivity index (χ1n) is 5.32. The molecule has 1 saturated heterocycles. The number of nitrogens with zero attached hydrogens (tertiary/aromatic N) is 1. The summed E-state index contributed by atoms with van der Waals surface area (Å²) >= 11 is 1.91. The maximum Gasteiger partial charge on any atom is 0.237 e. The SMILES string of the molecule is CSCCCCCCN1CNCC1=O. The van der Waals surface area contributed by atoms with Crippen LogP contribution in [0.1, 0.15) is 25.7 Å². The lowest BCUT2D eigenvalue weighted by Gasteiger charge is -2.13. The lowest BCUT2D eigenvalue weighted by molar-refractivity contribution is -0.126. The number of carbonyl (C=O) groups is 1. The zero-order chi connectivity index (χ0) is 10.2. The van der Waals surface area contributed by atoms with E-state index in [0.29, 0.717) is 6.54 Å². The summed E-state index contributed by atoms with van der Waals surface area (Å²) in [5.41, 5.74) is 0. The highest BCUT2D eigenvalue weighted by Crippen LogP contribution is 2.06. The Kier molecular flexibility index (Phi) is 6.03. The van der Waals surface area contributed by atoms with E-state index in [1.54, 1.807) is 0 Å². The molecule has 1 amide bonds. The molecule has 0 radical (unpaired) electrons. The summed E-state index contributed by atoms with van der Waals surface area (Å²) in [5, 5.41) is 3.06. The topological polar surface area (TPSA) is 32.3 Å². The van der Waals surface area contributed by atoms with Gasteiger partial charge in [-0.15, -0.1) is 0 Å². The van der Waals surface area contributed by atoms with Crippen LogP contribution in [0.4, 0.5) is 0 Å². The van der Waals surface area contributed by atoms with E-state index in [0.717, 1.165) is 19.6 Å². The van der Waals surface area contributed by atoms with Crippen molar-refractivity contribution in [1.82, 2.24) is 10.2 Å². The molecule has 3 nitrogen and oxygen atoms in total. The van der Waals surface area contributed by atoms with E-state index < -0.39 is 0 Å². The predicted octanol–water partition coefficient (Wildman–Crippen LogP) is 1.30. The number of nitrogens with one attached hydrogen (secondary N) is 1. The molecule has 1 aliphatic heterocycles. The summed E-state index contributed by atoms with van der Waals surface area (Å²) in [4.78, 5) is 13.1. The van der Waals surface area contributed by atoms with Crippen LogP contribution in [-0.4, -0.2) is 42.6 Å². The van der Waals surface area contributed by atoms with Crippen molar-refractivity contribution >= 4 is 17.7 Å². The molecule has 1 aliphatic rings. The molecule has 1 heterocycles. The quantitative estimate of drug-likeness (QED) is 0.651. The lowest BCUT2D eigenvalue weighted by Crippen LogP contribution is -2.27. The fraction of sp³-hybridized carbons (Fsp3) is 0.900. The zero-order valence-corrected chi connectivity index (χ0v) is 9.74. The number of carbonyl (C=O) groups excluding carboxylic acids is 1. The van der Waals surface area contributed by atoms with E-state index in [1.807, 2.05) is 16.7 Å². The Bertz CT molecular complexity index is 176. The van der Waals surface area contributed by atoms with Gasteiger partial charge in [0.15, 0.2) is 0 Å². The maximum atomic E-state index is 11.2. The molecule has 0 aromatic heterocycles. The van der Waals surface area contributed by atoms with E-state index in [4.69, 9.17) is 0 Å². The Labute approximate surface area is 90.6 Å². The molecule has 82 valence electrons. The van der Waals surface area contributed by atoms with E-state index in [2.05, 4.69) is 11.6 Å². The minimum atomic E-state index is 0.258. The van der Waals surface area contributed by atoms with Crippen LogP contribution in [0.15, 0.2) is 0 Å². The second-order valence-corrected chi connectivity index (χ2v) is 4.63. The van der Waals surface area contributed by atoms with Gasteiger partial charge in [-0.1, -0.05) is 12.8 Å². The third-order valence-corrected chi connectivity index (χ3v) is 3.16. The summed E-state index contributed by atoms with van der Waals surface area (Å²) in [6.45, 7) is 2.22. The van der Waals surface area contributed by atoms with Crippen molar-refractivity contribution in [3.8, 4) is 0 Å². The fourth-order valence-corrected chi connectivity index (χ4v) is 2.10. The highest BCUT2D eigenvalue weighted by molar-refractivity contribution is 7.98. The van der Waals surface area contributed by atoms with Gasteiger partial charge in [-0.05, 0) is 24.9 Å². The smallest absolute Gasteiger partial charge is 0.237 e. The van der Waals surface area contributed by atoms with Gasteiger partial charge in [-0.25, -0.2) is 0 Å². The predicted molar refractivity (Wildman–Crippen MR) is 61.4 cm³/mol. The molecule has 0 unspecified atom stereocenters. The second-order valence-electron chi connectivity index (χ2n) is 3.65. The summed E-state index contributed by atoms with van der Waals surface area (Å²) in [6, 6.07) is 0. The summed E-state index contributed by atoms with van der Waals surface area (Å²) < 4.78 is 0. The highest BCUT2D eigenvalue weighted by atomic mass is 32.2. The number of rotatable bonds is 7. The van der Waals surface area contributed by atoms with Crippen LogP contribution in [0.25, 0.3) is 0 Å². The van der Waals surface area contributed by atoms with Gasteiger partial charge in [0.05, 0.1) is 13.2 Å². The fourth-order valence-electron chi connectivity index (χ4n) is 1.60. The molecule has 4 heteroatoms. The second kappa shape index (κ2) is 7.12. The minimum Gasteiger partial charge on any atom is -0.329 e. The van der Waals surface area contributed by atoms with Crippen LogP contribution in [0, 0.1) is 0 Å². The van der Waals surface area contributed by atoms with Gasteiger partial charge in [-0.2, -0.15) is 11.8 Å². The molecule has 1 fully saturated rings. The Morgan fingerprint density at radius 1 is 1.36 bits per heavy atom. The molecule has 14 heavy (non-hydrogen) atoms. The first-order valence-corrected chi connectivity index (χ1v) is 6.71. The Morgan fingerprint density at radius 2 is 2.14 bits per heavy atom. The summed E-state index contributed by atoms with van der Waals surface area (Å²) in [5.74, 6) is 1.53. The molecular weight excluding hydrogens is 196 g/mol. The van der Waals surface area contributed by atoms with Crippen molar-refractivity contribution in [3.63, 3.8) is 0 Å². The van der Waals surface area contributed by atoms with Crippen molar-refractivity contribution in [2.45, 2.75) is 25.7 Å². The van der Waals surface area contributed by atoms with Crippen molar-refractivity contribution in [1.29, 1.82) is 0 Å². The monoisotopic (exact) mass is 216 g/mol. The van der Waals surface area contributed by atoms with Crippen molar-refractivity contribution in [3.05, 3.63) is 0 Å². The molecule has 0 aromatic carbocycles. The van der Waals surface area contributed by atoms with E-state index in [1.165, 1.54) is 25.0 Å². The lowest BCUT2D eigenvalue weighted by atomic mass is 10.2. The van der Waals surface area contributed by atoms with Crippen LogP contribution < -0.4 is 5.32 Å². The molecule has 0 saturated carbocycles. The molecule has 0 atom stereocenters. The van der Waals surface area contributed by atoms with Crippen LogP contribution in [0.5, 0.6) is 0 Å². The minimum absolute atomic E-state index is 0.258. The van der Waals surface area contributed by atoms with Gasteiger partial charge >= 0.3 is 0 Å². The molecule has 0 aromatic rings. The number of thioether (sulfide) groups is 1. The van der Waals surface area contributed by atoms with Gasteiger partial charge < -0.3 is 4.90 Å². The third-order valence-electron chi connectivity index (χ3n) is 2.46. The summed E-state index contributed by atoms with van der Waals surface area (Å²) in [7, 11) is 0. The average molecular weight is 216 g/mol. The van der Waals surface area contributed by atoms with Crippen LogP contribution in [0.3, 0.4) is 0 Å². The molecule has 0 spiro atoms. The number of amides is 1. The van der Waals surface area contributed by atoms with Gasteiger partial charge in [0, 0.05) is 6.54 Å². The first-order chi connectivity index (χ1) is 6.84.